The van der Waals surface area contributed by atoms with Crippen molar-refractivity contribution in [2.45, 2.75) is 70.3 Å². The number of methoxy groups -OCH3 is 1. The first kappa shape index (κ1) is 29.8. The maximum absolute atomic E-state index is 14.1. The van der Waals surface area contributed by atoms with E-state index < -0.39 is 23.4 Å². The molecule has 1 N–H and O–H groups in total. The summed E-state index contributed by atoms with van der Waals surface area (Å²) < 4.78 is 64.8. The van der Waals surface area contributed by atoms with Crippen LogP contribution in [0.2, 0.25) is 0 Å². The fraction of sp³-hybridized carbons (Fsp3) is 0.424. The summed E-state index contributed by atoms with van der Waals surface area (Å²) in [7, 11) is 1.34. The Balaban J connectivity index is 1.41. The topological polar surface area (TPSA) is 74.2 Å². The smallest absolute Gasteiger partial charge is 0.416 e. The highest BCUT2D eigenvalue weighted by molar-refractivity contribution is 5.74. The molecule has 3 aromatic rings. The number of benzene rings is 3. The van der Waals surface area contributed by atoms with Crippen LogP contribution in [0.25, 0.3) is 11.1 Å². The number of halogens is 3. The number of hydrogen-bond donors (Lipinski definition) is 1. The molecule has 0 saturated carbocycles. The zero-order chi connectivity index (χ0) is 30.2. The van der Waals surface area contributed by atoms with Gasteiger partial charge >= 0.3 is 12.1 Å². The van der Waals surface area contributed by atoms with E-state index in [0.29, 0.717) is 66.4 Å². The molecule has 0 bridgehead atoms. The second-order valence-corrected chi connectivity index (χ2v) is 11.6. The SMILES string of the molecule is COC(=O)CC1COc2cc(O[C@@H]3CCc4c(-c5ccc(OCCC(C)(C)O)cc5C)cc(C(F)(F)F)cc43)ccc21. The van der Waals surface area contributed by atoms with Gasteiger partial charge in [0.2, 0.25) is 0 Å². The van der Waals surface area contributed by atoms with Gasteiger partial charge in [-0.2, -0.15) is 13.2 Å². The average Bonchev–Trinajstić information content (AvgIpc) is 3.51. The van der Waals surface area contributed by atoms with Crippen LogP contribution in [0, 0.1) is 6.92 Å². The van der Waals surface area contributed by atoms with Crippen molar-refractivity contribution in [1.29, 1.82) is 0 Å². The first-order valence-corrected chi connectivity index (χ1v) is 14.0. The molecule has 3 aromatic carbocycles. The van der Waals surface area contributed by atoms with Crippen LogP contribution in [0.5, 0.6) is 17.2 Å². The van der Waals surface area contributed by atoms with E-state index in [1.165, 1.54) is 19.2 Å². The van der Waals surface area contributed by atoms with E-state index in [-0.39, 0.29) is 18.3 Å². The predicted molar refractivity (Wildman–Crippen MR) is 151 cm³/mol. The van der Waals surface area contributed by atoms with Gasteiger partial charge in [-0.25, -0.2) is 0 Å². The minimum Gasteiger partial charge on any atom is -0.493 e. The Hall–Kier alpha value is -3.72. The maximum atomic E-state index is 14.1. The van der Waals surface area contributed by atoms with E-state index >= 15 is 0 Å². The molecule has 1 aliphatic carbocycles. The lowest BCUT2D eigenvalue weighted by molar-refractivity contribution is -0.141. The number of rotatable bonds is 9. The van der Waals surface area contributed by atoms with Crippen molar-refractivity contribution in [2.24, 2.45) is 0 Å². The number of ether oxygens (including phenoxy) is 4. The highest BCUT2D eigenvalue weighted by Crippen LogP contribution is 2.46. The number of esters is 1. The van der Waals surface area contributed by atoms with Crippen molar-refractivity contribution < 1.29 is 42.0 Å². The lowest BCUT2D eigenvalue weighted by Gasteiger charge is -2.20. The molecule has 1 heterocycles. The number of alkyl halides is 3. The van der Waals surface area contributed by atoms with Gasteiger partial charge in [-0.15, -0.1) is 0 Å². The third-order valence-corrected chi connectivity index (χ3v) is 7.87. The molecule has 9 heteroatoms. The zero-order valence-electron chi connectivity index (χ0n) is 24.1. The van der Waals surface area contributed by atoms with E-state index in [1.54, 1.807) is 38.1 Å². The average molecular weight is 585 g/mol. The third kappa shape index (κ3) is 6.51. The van der Waals surface area contributed by atoms with Gasteiger partial charge in [0.05, 0.1) is 37.9 Å². The third-order valence-electron chi connectivity index (χ3n) is 7.87. The summed E-state index contributed by atoms with van der Waals surface area (Å²) in [6, 6.07) is 13.1. The van der Waals surface area contributed by atoms with Crippen LogP contribution in [-0.2, 0) is 22.1 Å². The fourth-order valence-corrected chi connectivity index (χ4v) is 5.61. The molecule has 0 spiro atoms. The van der Waals surface area contributed by atoms with Crippen molar-refractivity contribution in [2.75, 3.05) is 20.3 Å². The van der Waals surface area contributed by atoms with Gasteiger partial charge < -0.3 is 24.1 Å². The Bertz CT molecular complexity index is 1470. The van der Waals surface area contributed by atoms with Gasteiger partial charge in [0.25, 0.3) is 0 Å². The van der Waals surface area contributed by atoms with Crippen LogP contribution in [0.1, 0.15) is 72.9 Å². The summed E-state index contributed by atoms with van der Waals surface area (Å²) in [5, 5.41) is 9.92. The Kier molecular flexibility index (Phi) is 8.16. The van der Waals surface area contributed by atoms with E-state index in [1.807, 2.05) is 19.1 Å². The largest absolute Gasteiger partial charge is 0.493 e. The van der Waals surface area contributed by atoms with Gasteiger partial charge in [-0.05, 0) is 91.8 Å². The summed E-state index contributed by atoms with van der Waals surface area (Å²) in [4.78, 5) is 11.7. The first-order chi connectivity index (χ1) is 19.8. The minimum atomic E-state index is -4.53. The van der Waals surface area contributed by atoms with Gasteiger partial charge in [0, 0.05) is 24.0 Å². The molecule has 0 fully saturated rings. The highest BCUT2D eigenvalue weighted by atomic mass is 19.4. The van der Waals surface area contributed by atoms with E-state index in [0.717, 1.165) is 16.7 Å². The van der Waals surface area contributed by atoms with Crippen LogP contribution >= 0.6 is 0 Å². The Morgan fingerprint density at radius 1 is 1.02 bits per heavy atom. The van der Waals surface area contributed by atoms with Crippen molar-refractivity contribution in [1.82, 2.24) is 0 Å². The summed E-state index contributed by atoms with van der Waals surface area (Å²) in [5.41, 5.74) is 2.69. The van der Waals surface area contributed by atoms with Crippen LogP contribution in [-0.4, -0.2) is 37.0 Å². The molecule has 224 valence electrons. The first-order valence-electron chi connectivity index (χ1n) is 14.0. The quantitative estimate of drug-likeness (QED) is 0.266. The monoisotopic (exact) mass is 584 g/mol. The molecule has 0 radical (unpaired) electrons. The van der Waals surface area contributed by atoms with Crippen molar-refractivity contribution in [3.8, 4) is 28.4 Å². The van der Waals surface area contributed by atoms with E-state index in [2.05, 4.69) is 0 Å². The van der Waals surface area contributed by atoms with E-state index in [4.69, 9.17) is 18.9 Å². The van der Waals surface area contributed by atoms with Gasteiger partial charge in [0.15, 0.2) is 0 Å². The number of aliphatic hydroxyl groups is 1. The molecule has 2 aliphatic rings. The molecule has 1 aliphatic heterocycles. The minimum absolute atomic E-state index is 0.118. The molecule has 0 aromatic heterocycles. The predicted octanol–water partition coefficient (Wildman–Crippen LogP) is 7.33. The molecule has 6 nitrogen and oxygen atoms in total. The van der Waals surface area contributed by atoms with Crippen LogP contribution in [0.3, 0.4) is 0 Å². The molecule has 42 heavy (non-hydrogen) atoms. The summed E-state index contributed by atoms with van der Waals surface area (Å²) in [6.45, 7) is 5.93. The van der Waals surface area contributed by atoms with Crippen LogP contribution < -0.4 is 14.2 Å². The molecule has 1 unspecified atom stereocenters. The van der Waals surface area contributed by atoms with Crippen molar-refractivity contribution in [3.63, 3.8) is 0 Å². The van der Waals surface area contributed by atoms with Gasteiger partial charge in [0.1, 0.15) is 23.4 Å². The maximum Gasteiger partial charge on any atom is 0.416 e. The molecular weight excluding hydrogens is 549 g/mol. The molecule has 0 amide bonds. The Labute approximate surface area is 243 Å². The second-order valence-electron chi connectivity index (χ2n) is 11.6. The summed E-state index contributed by atoms with van der Waals surface area (Å²) >= 11 is 0. The van der Waals surface area contributed by atoms with Crippen molar-refractivity contribution in [3.05, 3.63) is 76.3 Å². The number of carbonyl (C=O) groups excluding carboxylic acids is 1. The summed E-state index contributed by atoms with van der Waals surface area (Å²) in [5.74, 6) is 1.25. The number of hydrogen-bond acceptors (Lipinski definition) is 6. The van der Waals surface area contributed by atoms with Gasteiger partial charge in [-0.3, -0.25) is 4.79 Å². The number of carbonyl (C=O) groups is 1. The standard InChI is InChI=1S/C33H35F3O6/c1-19-13-22(40-12-11-32(2,3)38)5-7-24(19)27-15-21(33(34,35)36)16-28-26(27)9-10-29(28)42-23-6-8-25-20(14-31(37)39-4)18-41-30(25)17-23/h5-8,13,15-17,20,29,38H,9-12,14,18H2,1-4H3/t20?,29-/m1/s1. The zero-order valence-corrected chi connectivity index (χ0v) is 24.1. The normalized spacial score (nSPS) is 17.8. The second kappa shape index (κ2) is 11.5. The fourth-order valence-electron chi connectivity index (χ4n) is 5.61. The molecular formula is C33H35F3O6. The van der Waals surface area contributed by atoms with Gasteiger partial charge in [-0.1, -0.05) is 12.1 Å². The molecule has 5 rings (SSSR count). The molecule has 2 atom stereocenters. The van der Waals surface area contributed by atoms with Crippen LogP contribution in [0.15, 0.2) is 48.5 Å². The Morgan fingerprint density at radius 3 is 2.48 bits per heavy atom. The lowest BCUT2D eigenvalue weighted by atomic mass is 9.91. The summed E-state index contributed by atoms with van der Waals surface area (Å²) in [6.07, 6.45) is -3.34. The Morgan fingerprint density at radius 2 is 1.79 bits per heavy atom. The lowest BCUT2D eigenvalue weighted by Crippen LogP contribution is -2.21. The number of aryl methyl sites for hydroxylation is 1. The van der Waals surface area contributed by atoms with E-state index in [9.17, 15) is 23.1 Å². The molecule has 0 saturated heterocycles. The van der Waals surface area contributed by atoms with Crippen molar-refractivity contribution >= 4 is 5.97 Å². The number of fused-ring (bicyclic) bond motifs is 2. The van der Waals surface area contributed by atoms with Crippen LogP contribution in [0.4, 0.5) is 13.2 Å². The highest BCUT2D eigenvalue weighted by Gasteiger charge is 2.36.